The molecule has 5 aromatic rings. The van der Waals surface area contributed by atoms with Gasteiger partial charge >= 0.3 is 29.8 Å². The molecule has 0 radical (unpaired) electrons. The van der Waals surface area contributed by atoms with E-state index in [9.17, 15) is 24.0 Å². The Labute approximate surface area is 491 Å². The molecule has 454 valence electrons. The van der Waals surface area contributed by atoms with Gasteiger partial charge in [0.15, 0.2) is 43.3 Å². The molecule has 0 saturated carbocycles. The number of fused-ring (bicyclic) bond motifs is 1. The molecule has 4 saturated heterocycles. The van der Waals surface area contributed by atoms with Crippen LogP contribution in [-0.4, -0.2) is 149 Å². The molecule has 0 bridgehead atoms. The van der Waals surface area contributed by atoms with Crippen LogP contribution in [0.2, 0.25) is 0 Å². The Morgan fingerprint density at radius 1 is 0.435 bits per heavy atom. The number of ether oxygens (including phenoxy) is 17. The molecule has 0 aliphatic carbocycles. The molecule has 0 aromatic heterocycles. The van der Waals surface area contributed by atoms with Gasteiger partial charge < -0.3 is 80.5 Å². The lowest BCUT2D eigenvalue weighted by molar-refractivity contribution is -0.406. The zero-order valence-corrected chi connectivity index (χ0v) is 47.8. The molecule has 5 aromatic carbocycles. The van der Waals surface area contributed by atoms with Crippen LogP contribution in [0.5, 0.6) is 11.5 Å². The Morgan fingerprint density at radius 3 is 1.47 bits per heavy atom. The summed E-state index contributed by atoms with van der Waals surface area (Å²) in [4.78, 5) is 64.9. The van der Waals surface area contributed by atoms with Gasteiger partial charge in [0, 0.05) is 40.2 Å². The highest BCUT2D eigenvalue weighted by molar-refractivity contribution is 5.69. The average Bonchev–Trinajstić information content (AvgIpc) is 2.01. The summed E-state index contributed by atoms with van der Waals surface area (Å²) < 4.78 is 109. The van der Waals surface area contributed by atoms with Crippen molar-refractivity contribution in [3.63, 3.8) is 0 Å². The minimum absolute atomic E-state index is 0.0319. The summed E-state index contributed by atoms with van der Waals surface area (Å²) in [5.41, 5.74) is 3.10. The van der Waals surface area contributed by atoms with Crippen molar-refractivity contribution in [3.05, 3.63) is 168 Å². The molecule has 4 heterocycles. The van der Waals surface area contributed by atoms with Gasteiger partial charge in [-0.25, -0.2) is 0 Å². The second kappa shape index (κ2) is 30.1. The third kappa shape index (κ3) is 17.0. The van der Waals surface area contributed by atoms with Crippen molar-refractivity contribution in [2.45, 2.75) is 153 Å². The first-order valence-electron chi connectivity index (χ1n) is 27.8. The number of esters is 5. The highest BCUT2D eigenvalue weighted by Crippen LogP contribution is 2.42. The molecule has 4 aliphatic heterocycles. The van der Waals surface area contributed by atoms with Gasteiger partial charge in [-0.1, -0.05) is 121 Å². The predicted molar refractivity (Wildman–Crippen MR) is 294 cm³/mol. The largest absolute Gasteiger partial charge is 0.497 e. The molecule has 22 nitrogen and oxygen atoms in total. The van der Waals surface area contributed by atoms with E-state index in [2.05, 4.69) is 0 Å². The van der Waals surface area contributed by atoms with E-state index in [1.54, 1.807) is 55.6 Å². The van der Waals surface area contributed by atoms with E-state index < -0.39 is 135 Å². The summed E-state index contributed by atoms with van der Waals surface area (Å²) in [6.45, 7) is 5.03. The SMILES string of the molecule is COc1ccc(O[C@@H]2O[C@H](COCc3ccccc3)[C@@H](O[C@@H]3O[C@@H]4COC(c5ccccc5)O[C@@H]4[C@H](O[C@@H]4O[C@H](COC(C)=O)[C@H](OC(C)=O)[C@H](OC(C)=O)[C@H]4OC(C)=O)[C@H]3OC(C)=O)[C@H](OCc3ccccc3)[C@H]2OCc2ccccc2)cc1. The minimum atomic E-state index is -1.80. The Morgan fingerprint density at radius 2 is 0.906 bits per heavy atom. The van der Waals surface area contributed by atoms with Crippen molar-refractivity contribution in [3.8, 4) is 11.5 Å². The Kier molecular flexibility index (Phi) is 22.0. The van der Waals surface area contributed by atoms with Crippen LogP contribution in [0, 0.1) is 0 Å². The molecule has 85 heavy (non-hydrogen) atoms. The van der Waals surface area contributed by atoms with E-state index in [4.69, 9.17) is 80.5 Å². The standard InChI is InChI=1S/C63H70O22/c1-37(64)71-35-49-52(75-38(2)65)55(76-39(3)66)58(77-40(4)67)63(81-49)85-56-53-50(36-74-60(83-53)45-25-17-10-18-26-45)82-62(59(56)78-41(5)68)84-51-48(34-70-31-42-19-11-7-12-20-42)80-61(79-47-29-27-46(69-6)28-30-47)57(73-33-44-23-15-9-16-24-44)54(51)72-32-43-21-13-8-14-22-43/h7-30,48-63H,31-36H2,1-6H3/t48-,49-,50-,51-,52+,53+,54+,55+,56+,57-,58-,59-,60?,61-,62+,63+/m1/s1. The van der Waals surface area contributed by atoms with Crippen molar-refractivity contribution in [1.82, 2.24) is 0 Å². The number of carbonyl (C=O) groups excluding carboxylic acids is 5. The average molecular weight is 1180 g/mol. The third-order valence-corrected chi connectivity index (χ3v) is 14.1. The van der Waals surface area contributed by atoms with Gasteiger partial charge in [0.05, 0.1) is 40.1 Å². The maximum Gasteiger partial charge on any atom is 0.303 e. The fourth-order valence-corrected chi connectivity index (χ4v) is 10.3. The topological polar surface area (TPSA) is 242 Å². The fourth-order valence-electron chi connectivity index (χ4n) is 10.3. The molecule has 4 aliphatic rings. The first kappa shape index (κ1) is 62.2. The summed E-state index contributed by atoms with van der Waals surface area (Å²) in [7, 11) is 1.56. The van der Waals surface area contributed by atoms with Crippen LogP contribution in [0.3, 0.4) is 0 Å². The normalized spacial score (nSPS) is 29.0. The van der Waals surface area contributed by atoms with E-state index in [1.807, 2.05) is 97.1 Å². The lowest BCUT2D eigenvalue weighted by atomic mass is 9.94. The lowest BCUT2D eigenvalue weighted by Gasteiger charge is -2.52. The van der Waals surface area contributed by atoms with Gasteiger partial charge in [0.1, 0.15) is 66.9 Å². The number of carbonyl (C=O) groups is 5. The molecule has 1 unspecified atom stereocenters. The Hall–Kier alpha value is -7.35. The second-order valence-corrected chi connectivity index (χ2v) is 20.4. The van der Waals surface area contributed by atoms with Gasteiger partial charge in [0.2, 0.25) is 6.29 Å². The quantitative estimate of drug-likeness (QED) is 0.0455. The van der Waals surface area contributed by atoms with E-state index in [0.717, 1.165) is 44.4 Å². The van der Waals surface area contributed by atoms with Crippen molar-refractivity contribution < 1.29 is 104 Å². The highest BCUT2D eigenvalue weighted by Gasteiger charge is 2.60. The van der Waals surface area contributed by atoms with E-state index in [0.29, 0.717) is 17.1 Å². The molecule has 0 amide bonds. The van der Waals surface area contributed by atoms with E-state index in [1.165, 1.54) is 6.92 Å². The zero-order chi connectivity index (χ0) is 59.8. The number of methoxy groups -OCH3 is 1. The Balaban J connectivity index is 1.15. The summed E-state index contributed by atoms with van der Waals surface area (Å²) in [6, 6.07) is 44.5. The zero-order valence-electron chi connectivity index (χ0n) is 47.8. The van der Waals surface area contributed by atoms with Gasteiger partial charge in [0.25, 0.3) is 0 Å². The van der Waals surface area contributed by atoms with Crippen LogP contribution >= 0.6 is 0 Å². The first-order chi connectivity index (χ1) is 41.2. The van der Waals surface area contributed by atoms with Crippen molar-refractivity contribution >= 4 is 29.8 Å². The lowest BCUT2D eigenvalue weighted by Crippen LogP contribution is -2.69. The van der Waals surface area contributed by atoms with Crippen LogP contribution in [0.15, 0.2) is 146 Å². The Bertz CT molecular complexity index is 2920. The van der Waals surface area contributed by atoms with Crippen molar-refractivity contribution in [2.75, 3.05) is 26.9 Å². The van der Waals surface area contributed by atoms with Crippen LogP contribution in [-0.2, 0) is 115 Å². The van der Waals surface area contributed by atoms with E-state index >= 15 is 0 Å². The van der Waals surface area contributed by atoms with Gasteiger partial charge in [-0.2, -0.15) is 0 Å². The number of hydrogen-bond donors (Lipinski definition) is 0. The van der Waals surface area contributed by atoms with Crippen molar-refractivity contribution in [1.29, 1.82) is 0 Å². The van der Waals surface area contributed by atoms with E-state index in [-0.39, 0.29) is 33.0 Å². The summed E-state index contributed by atoms with van der Waals surface area (Å²) in [6.07, 6.45) is -22.0. The minimum Gasteiger partial charge on any atom is -0.497 e. The number of hydrogen-bond acceptors (Lipinski definition) is 22. The predicted octanol–water partition coefficient (Wildman–Crippen LogP) is 6.81. The van der Waals surface area contributed by atoms with Crippen LogP contribution < -0.4 is 9.47 Å². The molecule has 4 fully saturated rings. The maximum atomic E-state index is 13.7. The summed E-state index contributed by atoms with van der Waals surface area (Å²) >= 11 is 0. The first-order valence-corrected chi connectivity index (χ1v) is 27.8. The molecule has 9 rings (SSSR count). The third-order valence-electron chi connectivity index (χ3n) is 14.1. The van der Waals surface area contributed by atoms with Gasteiger partial charge in [-0.15, -0.1) is 0 Å². The molecule has 22 heteroatoms. The van der Waals surface area contributed by atoms with Crippen LogP contribution in [0.25, 0.3) is 0 Å². The van der Waals surface area contributed by atoms with Crippen LogP contribution in [0.4, 0.5) is 0 Å². The summed E-state index contributed by atoms with van der Waals surface area (Å²) in [5, 5.41) is 0. The molecule has 0 N–H and O–H groups in total. The maximum absolute atomic E-state index is 13.7. The number of benzene rings is 5. The van der Waals surface area contributed by atoms with Crippen molar-refractivity contribution in [2.24, 2.45) is 0 Å². The fraction of sp³-hybridized carbons (Fsp3) is 0.444. The molecule has 16 atom stereocenters. The van der Waals surface area contributed by atoms with Crippen LogP contribution in [0.1, 0.15) is 63.2 Å². The summed E-state index contributed by atoms with van der Waals surface area (Å²) in [5.74, 6) is -3.13. The highest BCUT2D eigenvalue weighted by atomic mass is 16.8. The molecule has 0 spiro atoms. The van der Waals surface area contributed by atoms with Gasteiger partial charge in [-0.3, -0.25) is 24.0 Å². The second-order valence-electron chi connectivity index (χ2n) is 20.4. The number of rotatable bonds is 24. The smallest absolute Gasteiger partial charge is 0.303 e. The molecular weight excluding hydrogens is 1110 g/mol. The molecular formula is C63H70O22. The monoisotopic (exact) mass is 1180 g/mol. The van der Waals surface area contributed by atoms with Gasteiger partial charge in [-0.05, 0) is 41.0 Å².